The molecule has 1 aliphatic rings. The molecular formula is C21H29N5O2S. The Bertz CT molecular complexity index is 811. The molecule has 0 aliphatic carbocycles. The number of methoxy groups -OCH3 is 1. The molecule has 156 valence electrons. The van der Waals surface area contributed by atoms with E-state index < -0.39 is 0 Å². The number of piperazine rings is 1. The van der Waals surface area contributed by atoms with Gasteiger partial charge in [0.15, 0.2) is 5.82 Å². The third-order valence-corrected chi connectivity index (χ3v) is 5.98. The minimum absolute atomic E-state index is 0.0296. The van der Waals surface area contributed by atoms with Gasteiger partial charge in [0.2, 0.25) is 5.91 Å². The van der Waals surface area contributed by atoms with Crippen LogP contribution in [-0.2, 0) is 4.79 Å². The Hall–Kier alpha value is -2.48. The van der Waals surface area contributed by atoms with Gasteiger partial charge >= 0.3 is 0 Å². The zero-order valence-corrected chi connectivity index (χ0v) is 18.1. The molecule has 0 saturated carbocycles. The lowest BCUT2D eigenvalue weighted by Crippen LogP contribution is -2.47. The fourth-order valence-electron chi connectivity index (χ4n) is 3.24. The molecule has 1 amide bonds. The molecule has 1 aromatic carbocycles. The summed E-state index contributed by atoms with van der Waals surface area (Å²) in [6.07, 6.45) is 4.32. The van der Waals surface area contributed by atoms with Crippen molar-refractivity contribution in [1.29, 1.82) is 0 Å². The molecular weight excluding hydrogens is 386 g/mol. The minimum atomic E-state index is 0.0296. The van der Waals surface area contributed by atoms with Crippen molar-refractivity contribution in [2.45, 2.75) is 31.3 Å². The third-order valence-electron chi connectivity index (χ3n) is 5.01. The minimum Gasteiger partial charge on any atom is -0.495 e. The molecule has 1 N–H and O–H groups in total. The second-order valence-corrected chi connectivity index (χ2v) is 7.96. The highest BCUT2D eigenvalue weighted by molar-refractivity contribution is 8.00. The summed E-state index contributed by atoms with van der Waals surface area (Å²) in [6.45, 7) is 7.49. The SMILES string of the molecule is CC[C@H](C)NC(=O)CSc1nccnc1N1CCN(c2ccccc2OC)CC1. The highest BCUT2D eigenvalue weighted by atomic mass is 32.2. The van der Waals surface area contributed by atoms with Crippen LogP contribution in [0.3, 0.4) is 0 Å². The average molecular weight is 416 g/mol. The lowest BCUT2D eigenvalue weighted by molar-refractivity contribution is -0.119. The summed E-state index contributed by atoms with van der Waals surface area (Å²) in [7, 11) is 1.70. The Kier molecular flexibility index (Phi) is 7.57. The number of aromatic nitrogens is 2. The van der Waals surface area contributed by atoms with Crippen molar-refractivity contribution in [2.24, 2.45) is 0 Å². The smallest absolute Gasteiger partial charge is 0.230 e. The molecule has 1 aliphatic heterocycles. The van der Waals surface area contributed by atoms with E-state index in [1.165, 1.54) is 11.8 Å². The number of carbonyl (C=O) groups is 1. The van der Waals surface area contributed by atoms with Gasteiger partial charge in [-0.1, -0.05) is 30.8 Å². The lowest BCUT2D eigenvalue weighted by Gasteiger charge is -2.37. The summed E-state index contributed by atoms with van der Waals surface area (Å²) in [4.78, 5) is 25.7. The first-order valence-corrected chi connectivity index (χ1v) is 11.0. The molecule has 2 aromatic rings. The molecule has 1 aromatic heterocycles. The number of ether oxygens (including phenoxy) is 1. The molecule has 3 rings (SSSR count). The van der Waals surface area contributed by atoms with E-state index in [2.05, 4.69) is 38.1 Å². The van der Waals surface area contributed by atoms with Crippen LogP contribution in [0, 0.1) is 0 Å². The molecule has 1 saturated heterocycles. The van der Waals surface area contributed by atoms with Crippen LogP contribution in [0.25, 0.3) is 0 Å². The number of hydrogen-bond donors (Lipinski definition) is 1. The molecule has 29 heavy (non-hydrogen) atoms. The van der Waals surface area contributed by atoms with E-state index >= 15 is 0 Å². The van der Waals surface area contributed by atoms with E-state index in [1.54, 1.807) is 19.5 Å². The van der Waals surface area contributed by atoms with Gasteiger partial charge < -0.3 is 19.9 Å². The van der Waals surface area contributed by atoms with Gasteiger partial charge in [0.05, 0.1) is 18.6 Å². The average Bonchev–Trinajstić information content (AvgIpc) is 2.78. The Balaban J connectivity index is 1.62. The Morgan fingerprint density at radius 3 is 2.59 bits per heavy atom. The Morgan fingerprint density at radius 2 is 1.86 bits per heavy atom. The maximum Gasteiger partial charge on any atom is 0.230 e. The number of thioether (sulfide) groups is 1. The van der Waals surface area contributed by atoms with Crippen LogP contribution in [0.5, 0.6) is 5.75 Å². The summed E-state index contributed by atoms with van der Waals surface area (Å²) in [5.74, 6) is 2.12. The molecule has 0 unspecified atom stereocenters. The van der Waals surface area contributed by atoms with E-state index in [-0.39, 0.29) is 11.9 Å². The molecule has 7 nitrogen and oxygen atoms in total. The first kappa shape index (κ1) is 21.2. The zero-order chi connectivity index (χ0) is 20.6. The summed E-state index contributed by atoms with van der Waals surface area (Å²) in [5, 5.41) is 3.80. The van der Waals surface area contributed by atoms with E-state index in [1.807, 2.05) is 25.1 Å². The fraction of sp³-hybridized carbons (Fsp3) is 0.476. The number of nitrogens with zero attached hydrogens (tertiary/aromatic N) is 4. The summed E-state index contributed by atoms with van der Waals surface area (Å²) in [6, 6.07) is 8.29. The van der Waals surface area contributed by atoms with Crippen molar-refractivity contribution >= 4 is 29.2 Å². The molecule has 2 heterocycles. The molecule has 8 heteroatoms. The number of para-hydroxylation sites is 2. The van der Waals surface area contributed by atoms with E-state index in [0.29, 0.717) is 5.75 Å². The first-order chi connectivity index (χ1) is 14.1. The number of carbonyl (C=O) groups excluding carboxylic acids is 1. The maximum atomic E-state index is 12.1. The largest absolute Gasteiger partial charge is 0.495 e. The number of anilines is 2. The number of rotatable bonds is 8. The monoisotopic (exact) mass is 415 g/mol. The molecule has 0 bridgehead atoms. The topological polar surface area (TPSA) is 70.6 Å². The Morgan fingerprint density at radius 1 is 1.17 bits per heavy atom. The van der Waals surface area contributed by atoms with Gasteiger partial charge in [0.1, 0.15) is 10.8 Å². The van der Waals surface area contributed by atoms with Gasteiger partial charge in [0.25, 0.3) is 0 Å². The van der Waals surface area contributed by atoms with Crippen LogP contribution >= 0.6 is 11.8 Å². The van der Waals surface area contributed by atoms with Gasteiger partial charge in [-0.2, -0.15) is 0 Å². The number of benzene rings is 1. The van der Waals surface area contributed by atoms with Crippen molar-refractivity contribution in [3.05, 3.63) is 36.7 Å². The lowest BCUT2D eigenvalue weighted by atomic mass is 10.2. The normalized spacial score (nSPS) is 15.1. The number of nitrogens with one attached hydrogen (secondary N) is 1. The predicted molar refractivity (Wildman–Crippen MR) is 118 cm³/mol. The number of hydrogen-bond acceptors (Lipinski definition) is 7. The van der Waals surface area contributed by atoms with Gasteiger partial charge in [0, 0.05) is 44.6 Å². The number of amides is 1. The van der Waals surface area contributed by atoms with Crippen molar-refractivity contribution in [1.82, 2.24) is 15.3 Å². The predicted octanol–water partition coefficient (Wildman–Crippen LogP) is 2.82. The second kappa shape index (κ2) is 10.3. The summed E-state index contributed by atoms with van der Waals surface area (Å²) < 4.78 is 5.50. The van der Waals surface area contributed by atoms with E-state index in [0.717, 1.165) is 54.9 Å². The van der Waals surface area contributed by atoms with E-state index in [4.69, 9.17) is 4.74 Å². The van der Waals surface area contributed by atoms with Crippen molar-refractivity contribution in [3.63, 3.8) is 0 Å². The highest BCUT2D eigenvalue weighted by Crippen LogP contribution is 2.31. The van der Waals surface area contributed by atoms with Gasteiger partial charge in [-0.15, -0.1) is 0 Å². The maximum absolute atomic E-state index is 12.1. The van der Waals surface area contributed by atoms with Crippen molar-refractivity contribution < 1.29 is 9.53 Å². The van der Waals surface area contributed by atoms with Crippen LogP contribution in [0.2, 0.25) is 0 Å². The van der Waals surface area contributed by atoms with Crippen LogP contribution in [0.4, 0.5) is 11.5 Å². The quantitative estimate of drug-likeness (QED) is 0.665. The summed E-state index contributed by atoms with van der Waals surface area (Å²) >= 11 is 1.44. The third kappa shape index (κ3) is 5.53. The van der Waals surface area contributed by atoms with Gasteiger partial charge in [-0.05, 0) is 25.5 Å². The zero-order valence-electron chi connectivity index (χ0n) is 17.3. The Labute approximate surface area is 176 Å². The van der Waals surface area contributed by atoms with Crippen LogP contribution in [0.1, 0.15) is 20.3 Å². The van der Waals surface area contributed by atoms with Crippen molar-refractivity contribution in [3.8, 4) is 5.75 Å². The second-order valence-electron chi connectivity index (χ2n) is 7.00. The molecule has 1 atom stereocenters. The van der Waals surface area contributed by atoms with Crippen LogP contribution in [0.15, 0.2) is 41.7 Å². The van der Waals surface area contributed by atoms with Crippen LogP contribution in [-0.4, -0.2) is 61.0 Å². The van der Waals surface area contributed by atoms with Gasteiger partial charge in [-0.25, -0.2) is 9.97 Å². The standard InChI is InChI=1S/C21H29N5O2S/c1-4-16(2)24-19(27)15-29-21-20(22-9-10-23-21)26-13-11-25(12-14-26)17-7-5-6-8-18(17)28-3/h5-10,16H,4,11-15H2,1-3H3,(H,24,27)/t16-/m0/s1. The molecule has 1 fully saturated rings. The van der Waals surface area contributed by atoms with Crippen LogP contribution < -0.4 is 19.9 Å². The van der Waals surface area contributed by atoms with Crippen molar-refractivity contribution in [2.75, 3.05) is 48.8 Å². The highest BCUT2D eigenvalue weighted by Gasteiger charge is 2.23. The molecule has 0 spiro atoms. The first-order valence-electron chi connectivity index (χ1n) is 9.98. The summed E-state index contributed by atoms with van der Waals surface area (Å²) in [5.41, 5.74) is 1.12. The van der Waals surface area contributed by atoms with E-state index in [9.17, 15) is 4.79 Å². The fourth-order valence-corrected chi connectivity index (χ4v) is 4.04. The molecule has 0 radical (unpaired) electrons. The van der Waals surface area contributed by atoms with Gasteiger partial charge in [-0.3, -0.25) is 4.79 Å².